The predicted molar refractivity (Wildman–Crippen MR) is 353 cm³/mol. The van der Waals surface area contributed by atoms with Crippen LogP contribution in [-0.4, -0.2) is 37.2 Å². The Hall–Kier alpha value is -4.19. The van der Waals surface area contributed by atoms with Crippen molar-refractivity contribution in [2.24, 2.45) is 0 Å². The summed E-state index contributed by atoms with van der Waals surface area (Å²) in [6.07, 6.45) is 95.1. The smallest absolute Gasteiger partial charge is 0.306 e. The molecule has 0 radical (unpaired) electrons. The number of carbonyl (C=O) groups is 3. The van der Waals surface area contributed by atoms with Crippen molar-refractivity contribution >= 4 is 17.9 Å². The third kappa shape index (κ3) is 66.5. The van der Waals surface area contributed by atoms with E-state index in [9.17, 15) is 14.4 Å². The van der Waals surface area contributed by atoms with Crippen LogP contribution >= 0.6 is 0 Å². The lowest BCUT2D eigenvalue weighted by atomic mass is 10.0. The van der Waals surface area contributed by atoms with Crippen LogP contribution in [0.3, 0.4) is 0 Å². The van der Waals surface area contributed by atoms with E-state index >= 15 is 0 Å². The minimum Gasteiger partial charge on any atom is -0.462 e. The van der Waals surface area contributed by atoms with E-state index < -0.39 is 6.10 Å². The summed E-state index contributed by atoms with van der Waals surface area (Å²) in [5, 5.41) is 0. The van der Waals surface area contributed by atoms with Crippen LogP contribution < -0.4 is 0 Å². The van der Waals surface area contributed by atoms with E-state index in [1.165, 1.54) is 141 Å². The molecular formula is C75H126O6. The van der Waals surface area contributed by atoms with Gasteiger partial charge in [-0.05, 0) is 109 Å². The Balaban J connectivity index is 4.40. The molecule has 462 valence electrons. The molecule has 81 heavy (non-hydrogen) atoms. The van der Waals surface area contributed by atoms with Gasteiger partial charge in [0, 0.05) is 19.3 Å². The SMILES string of the molecule is CC/C=C\C/C=C\C/C=C\C/C=C\C/C=C\C/C=C\CCCCCCC(=O)OC(COC(=O)CCCC/C=C\C/C=C\C/C=C\C/C=C\CC)COC(=O)CCCCCCCCCCCCCCCCCCCCCCCCCCC. The molecule has 0 aromatic heterocycles. The maximum absolute atomic E-state index is 12.9. The minimum absolute atomic E-state index is 0.102. The Morgan fingerprint density at radius 2 is 0.481 bits per heavy atom. The summed E-state index contributed by atoms with van der Waals surface area (Å²) >= 11 is 0. The first-order valence-electron chi connectivity index (χ1n) is 34.0. The monoisotopic (exact) mass is 1120 g/mol. The average Bonchev–Trinajstić information content (AvgIpc) is 3.47. The van der Waals surface area contributed by atoms with Crippen molar-refractivity contribution in [1.82, 2.24) is 0 Å². The van der Waals surface area contributed by atoms with Crippen LogP contribution in [0, 0.1) is 0 Å². The molecule has 0 aliphatic carbocycles. The molecule has 0 N–H and O–H groups in total. The van der Waals surface area contributed by atoms with Gasteiger partial charge in [-0.2, -0.15) is 0 Å². The van der Waals surface area contributed by atoms with Gasteiger partial charge in [-0.1, -0.05) is 309 Å². The highest BCUT2D eigenvalue weighted by molar-refractivity contribution is 5.71. The molecule has 0 spiro atoms. The zero-order chi connectivity index (χ0) is 58.5. The van der Waals surface area contributed by atoms with Gasteiger partial charge < -0.3 is 14.2 Å². The third-order valence-electron chi connectivity index (χ3n) is 14.5. The van der Waals surface area contributed by atoms with E-state index in [1.807, 2.05) is 0 Å². The van der Waals surface area contributed by atoms with Crippen LogP contribution in [0.15, 0.2) is 122 Å². The molecule has 6 heteroatoms. The highest BCUT2D eigenvalue weighted by Gasteiger charge is 2.19. The van der Waals surface area contributed by atoms with E-state index in [0.717, 1.165) is 135 Å². The fraction of sp³-hybridized carbons (Fsp3) is 0.693. The van der Waals surface area contributed by atoms with Crippen LogP contribution in [0.5, 0.6) is 0 Å². The number of allylic oxidation sites excluding steroid dienone is 20. The number of unbranched alkanes of at least 4 members (excludes halogenated alkanes) is 30. The largest absolute Gasteiger partial charge is 0.462 e. The summed E-state index contributed by atoms with van der Waals surface area (Å²) in [6, 6.07) is 0. The van der Waals surface area contributed by atoms with E-state index in [-0.39, 0.29) is 37.5 Å². The molecular weight excluding hydrogens is 997 g/mol. The van der Waals surface area contributed by atoms with Crippen LogP contribution in [0.2, 0.25) is 0 Å². The van der Waals surface area contributed by atoms with E-state index in [4.69, 9.17) is 14.2 Å². The van der Waals surface area contributed by atoms with Crippen molar-refractivity contribution in [3.8, 4) is 0 Å². The second kappa shape index (κ2) is 68.3. The van der Waals surface area contributed by atoms with Gasteiger partial charge >= 0.3 is 17.9 Å². The third-order valence-corrected chi connectivity index (χ3v) is 14.5. The Bertz CT molecular complexity index is 1670. The standard InChI is InChI=1S/C75H126O6/c1-4-7-10-13-16-19-22-25-28-30-32-34-36-37-39-40-42-44-47-50-53-56-59-62-65-68-74(77)80-71-72(70-79-73(76)67-64-61-58-55-52-49-46-27-24-21-18-15-12-9-6-3)81-75(78)69-66-63-60-57-54-51-48-45-43-41-38-35-33-31-29-26-23-20-17-14-11-8-5-2/h8-9,11-12,17-18,20-21,26-27,29,33,35,41,43,46,48,51-52,55,72H,4-7,10,13-16,19,22-25,28,30-32,34,36-40,42,44-45,47,49-50,53-54,56-71H2,1-3H3/b11-8-,12-9-,20-17-,21-18-,29-26-,35-33-,43-41-,46-27-,51-48-,55-52-. The highest BCUT2D eigenvalue weighted by Crippen LogP contribution is 2.17. The van der Waals surface area contributed by atoms with Crippen molar-refractivity contribution in [1.29, 1.82) is 0 Å². The van der Waals surface area contributed by atoms with E-state index in [1.54, 1.807) is 0 Å². The van der Waals surface area contributed by atoms with Crippen LogP contribution in [0.25, 0.3) is 0 Å². The lowest BCUT2D eigenvalue weighted by Gasteiger charge is -2.18. The van der Waals surface area contributed by atoms with Gasteiger partial charge in [-0.15, -0.1) is 0 Å². The van der Waals surface area contributed by atoms with Crippen molar-refractivity contribution in [3.63, 3.8) is 0 Å². The minimum atomic E-state index is -0.813. The molecule has 0 aliphatic heterocycles. The normalized spacial score (nSPS) is 12.9. The summed E-state index contributed by atoms with van der Waals surface area (Å²) in [4.78, 5) is 38.4. The van der Waals surface area contributed by atoms with Gasteiger partial charge in [0.25, 0.3) is 0 Å². The Kier molecular flexibility index (Phi) is 64.8. The van der Waals surface area contributed by atoms with E-state index in [2.05, 4.69) is 142 Å². The zero-order valence-electron chi connectivity index (χ0n) is 53.0. The fourth-order valence-corrected chi connectivity index (χ4v) is 9.44. The fourth-order valence-electron chi connectivity index (χ4n) is 9.44. The molecule has 0 aromatic carbocycles. The van der Waals surface area contributed by atoms with Crippen LogP contribution in [-0.2, 0) is 28.6 Å². The molecule has 1 atom stereocenters. The number of carbonyl (C=O) groups excluding carboxylic acids is 3. The Morgan fingerprint density at radius 1 is 0.259 bits per heavy atom. The lowest BCUT2D eigenvalue weighted by Crippen LogP contribution is -2.30. The molecule has 6 nitrogen and oxygen atoms in total. The summed E-state index contributed by atoms with van der Waals surface area (Å²) in [6.45, 7) is 6.39. The summed E-state index contributed by atoms with van der Waals surface area (Å²) in [5.74, 6) is -0.962. The first kappa shape index (κ1) is 76.8. The second-order valence-corrected chi connectivity index (χ2v) is 22.3. The average molecular weight is 1120 g/mol. The summed E-state index contributed by atoms with van der Waals surface area (Å²) in [7, 11) is 0. The zero-order valence-corrected chi connectivity index (χ0v) is 53.0. The van der Waals surface area contributed by atoms with Crippen molar-refractivity contribution in [2.75, 3.05) is 13.2 Å². The van der Waals surface area contributed by atoms with Gasteiger partial charge in [0.1, 0.15) is 13.2 Å². The van der Waals surface area contributed by atoms with Gasteiger partial charge in [-0.25, -0.2) is 0 Å². The quantitative estimate of drug-likeness (QED) is 0.0261. The molecule has 0 fully saturated rings. The molecule has 0 saturated carbocycles. The van der Waals surface area contributed by atoms with E-state index in [0.29, 0.717) is 12.8 Å². The van der Waals surface area contributed by atoms with Crippen LogP contribution in [0.4, 0.5) is 0 Å². The Morgan fingerprint density at radius 3 is 0.778 bits per heavy atom. The first-order valence-corrected chi connectivity index (χ1v) is 34.0. The Labute approximate surface area is 501 Å². The topological polar surface area (TPSA) is 78.9 Å². The first-order chi connectivity index (χ1) is 40.0. The number of esters is 3. The van der Waals surface area contributed by atoms with Crippen molar-refractivity contribution in [2.45, 2.75) is 322 Å². The molecule has 0 amide bonds. The molecule has 0 saturated heterocycles. The second-order valence-electron chi connectivity index (χ2n) is 22.3. The molecule has 0 aliphatic rings. The molecule has 1 unspecified atom stereocenters. The number of hydrogen-bond acceptors (Lipinski definition) is 6. The molecule has 0 heterocycles. The number of ether oxygens (including phenoxy) is 3. The number of hydrogen-bond donors (Lipinski definition) is 0. The van der Waals surface area contributed by atoms with Gasteiger partial charge in [0.05, 0.1) is 0 Å². The maximum Gasteiger partial charge on any atom is 0.306 e. The summed E-state index contributed by atoms with van der Waals surface area (Å²) in [5.41, 5.74) is 0. The van der Waals surface area contributed by atoms with Gasteiger partial charge in [0.15, 0.2) is 6.10 Å². The maximum atomic E-state index is 12.9. The predicted octanol–water partition coefficient (Wildman–Crippen LogP) is 23.6. The highest BCUT2D eigenvalue weighted by atomic mass is 16.6. The van der Waals surface area contributed by atoms with Crippen LogP contribution in [0.1, 0.15) is 316 Å². The van der Waals surface area contributed by atoms with Crippen molar-refractivity contribution in [3.05, 3.63) is 122 Å². The summed E-state index contributed by atoms with van der Waals surface area (Å²) < 4.78 is 16.9. The van der Waals surface area contributed by atoms with Gasteiger partial charge in [-0.3, -0.25) is 14.4 Å². The molecule has 0 bridgehead atoms. The molecule has 0 rings (SSSR count). The number of rotatable bonds is 61. The lowest BCUT2D eigenvalue weighted by molar-refractivity contribution is -0.167. The van der Waals surface area contributed by atoms with Crippen molar-refractivity contribution < 1.29 is 28.6 Å². The molecule has 0 aromatic rings. The van der Waals surface area contributed by atoms with Gasteiger partial charge in [0.2, 0.25) is 0 Å².